The van der Waals surface area contributed by atoms with Gasteiger partial charge in [-0.1, -0.05) is 12.2 Å². The van der Waals surface area contributed by atoms with Gasteiger partial charge in [0.25, 0.3) is 0 Å². The molecule has 0 aromatic heterocycles. The molecule has 0 saturated heterocycles. The van der Waals surface area contributed by atoms with Gasteiger partial charge in [0, 0.05) is 0 Å². The Hall–Kier alpha value is -1.32. The van der Waals surface area contributed by atoms with E-state index in [1.807, 2.05) is 19.1 Å². The van der Waals surface area contributed by atoms with Crippen LogP contribution in [-0.4, -0.2) is 22.2 Å². The maximum Gasteiger partial charge on any atom is 0.317 e. The largest absolute Gasteiger partial charge is 0.481 e. The van der Waals surface area contributed by atoms with Gasteiger partial charge in [-0.2, -0.15) is 0 Å². The van der Waals surface area contributed by atoms with E-state index in [1.165, 1.54) is 0 Å². The topological polar surface area (TPSA) is 74.6 Å². The summed E-state index contributed by atoms with van der Waals surface area (Å²) >= 11 is 0. The zero-order valence-corrected chi connectivity index (χ0v) is 7.56. The van der Waals surface area contributed by atoms with E-state index in [0.29, 0.717) is 6.42 Å². The second-order valence-electron chi connectivity index (χ2n) is 2.73. The number of hydrogen-bond donors (Lipinski definition) is 2. The molecule has 0 fully saturated rings. The lowest BCUT2D eigenvalue weighted by atomic mass is 10.0. The first-order chi connectivity index (χ1) is 6.09. The molecule has 0 heterocycles. The predicted octanol–water partition coefficient (Wildman–Crippen LogP) is 1.52. The molecule has 0 aliphatic carbocycles. The monoisotopic (exact) mass is 186 g/mol. The van der Waals surface area contributed by atoms with Crippen LogP contribution >= 0.6 is 0 Å². The van der Waals surface area contributed by atoms with Gasteiger partial charge in [-0.05, 0) is 26.2 Å². The quantitative estimate of drug-likeness (QED) is 0.374. The molecule has 0 saturated carbocycles. The summed E-state index contributed by atoms with van der Waals surface area (Å²) in [7, 11) is 0. The molecule has 0 amide bonds. The Balaban J connectivity index is 3.84. The summed E-state index contributed by atoms with van der Waals surface area (Å²) in [6.45, 7) is 1.87. The van der Waals surface area contributed by atoms with E-state index in [-0.39, 0.29) is 6.42 Å². The summed E-state index contributed by atoms with van der Waals surface area (Å²) in [6.07, 6.45) is 5.26. The van der Waals surface area contributed by atoms with E-state index >= 15 is 0 Å². The molecular formula is C9H14O4. The molecule has 0 aromatic rings. The summed E-state index contributed by atoms with van der Waals surface area (Å²) in [5.41, 5.74) is 0. The fraction of sp³-hybridized carbons (Fsp3) is 0.556. The minimum atomic E-state index is -1.26. The van der Waals surface area contributed by atoms with Gasteiger partial charge >= 0.3 is 11.9 Å². The van der Waals surface area contributed by atoms with Gasteiger partial charge in [-0.25, -0.2) is 0 Å². The van der Waals surface area contributed by atoms with E-state index in [9.17, 15) is 9.59 Å². The fourth-order valence-electron chi connectivity index (χ4n) is 0.959. The SMILES string of the molecule is CC=CCCCC(C(=O)O)C(=O)O. The van der Waals surface area contributed by atoms with Crippen LogP contribution in [0.25, 0.3) is 0 Å². The molecule has 0 bridgehead atoms. The van der Waals surface area contributed by atoms with Crippen molar-refractivity contribution in [3.63, 3.8) is 0 Å². The smallest absolute Gasteiger partial charge is 0.317 e. The van der Waals surface area contributed by atoms with Crippen LogP contribution in [-0.2, 0) is 9.59 Å². The number of hydrogen-bond acceptors (Lipinski definition) is 2. The highest BCUT2D eigenvalue weighted by atomic mass is 16.4. The molecule has 0 aliphatic heterocycles. The third-order valence-electron chi connectivity index (χ3n) is 1.70. The van der Waals surface area contributed by atoms with Gasteiger partial charge in [0.15, 0.2) is 5.92 Å². The Kier molecular flexibility index (Phi) is 5.59. The Labute approximate surface area is 76.9 Å². The summed E-state index contributed by atoms with van der Waals surface area (Å²) in [5.74, 6) is -3.77. The standard InChI is InChI=1S/C9H14O4/c1-2-3-4-5-6-7(8(10)11)9(12)13/h2-3,7H,4-6H2,1H3,(H,10,11)(H,12,13). The molecule has 0 aromatic carbocycles. The van der Waals surface area contributed by atoms with E-state index in [2.05, 4.69) is 0 Å². The van der Waals surface area contributed by atoms with Crippen molar-refractivity contribution in [2.75, 3.05) is 0 Å². The maximum absolute atomic E-state index is 10.4. The third-order valence-corrected chi connectivity index (χ3v) is 1.70. The van der Waals surface area contributed by atoms with Crippen LogP contribution in [0.3, 0.4) is 0 Å². The molecule has 4 heteroatoms. The highest BCUT2D eigenvalue weighted by molar-refractivity contribution is 5.92. The van der Waals surface area contributed by atoms with Gasteiger partial charge < -0.3 is 10.2 Å². The minimum absolute atomic E-state index is 0.189. The zero-order chi connectivity index (χ0) is 10.3. The van der Waals surface area contributed by atoms with Crippen LogP contribution in [0.5, 0.6) is 0 Å². The van der Waals surface area contributed by atoms with Crippen molar-refractivity contribution in [3.05, 3.63) is 12.2 Å². The lowest BCUT2D eigenvalue weighted by molar-refractivity contribution is -0.154. The molecule has 0 radical (unpaired) electrons. The second kappa shape index (κ2) is 6.22. The normalized spacial score (nSPS) is 10.9. The van der Waals surface area contributed by atoms with E-state index in [4.69, 9.17) is 10.2 Å². The zero-order valence-electron chi connectivity index (χ0n) is 7.56. The molecule has 0 atom stereocenters. The number of carbonyl (C=O) groups is 2. The number of carboxylic acid groups (broad SMARTS) is 2. The van der Waals surface area contributed by atoms with Crippen molar-refractivity contribution < 1.29 is 19.8 Å². The fourth-order valence-corrected chi connectivity index (χ4v) is 0.959. The lowest BCUT2D eigenvalue weighted by Gasteiger charge is -2.04. The van der Waals surface area contributed by atoms with Gasteiger partial charge in [-0.3, -0.25) is 9.59 Å². The van der Waals surface area contributed by atoms with E-state index < -0.39 is 17.9 Å². The molecule has 0 unspecified atom stereocenters. The Morgan fingerprint density at radius 3 is 2.23 bits per heavy atom. The highest BCUT2D eigenvalue weighted by Crippen LogP contribution is 2.09. The van der Waals surface area contributed by atoms with Crippen molar-refractivity contribution in [2.24, 2.45) is 5.92 Å². The van der Waals surface area contributed by atoms with Crippen LogP contribution in [0.15, 0.2) is 12.2 Å². The molecule has 2 N–H and O–H groups in total. The Morgan fingerprint density at radius 2 is 1.85 bits per heavy atom. The molecular weight excluding hydrogens is 172 g/mol. The van der Waals surface area contributed by atoms with Crippen LogP contribution in [0.4, 0.5) is 0 Å². The van der Waals surface area contributed by atoms with Crippen LogP contribution in [0, 0.1) is 5.92 Å². The van der Waals surface area contributed by atoms with Crippen molar-refractivity contribution in [3.8, 4) is 0 Å². The van der Waals surface area contributed by atoms with Crippen molar-refractivity contribution in [2.45, 2.75) is 26.2 Å². The van der Waals surface area contributed by atoms with Gasteiger partial charge in [-0.15, -0.1) is 0 Å². The summed E-state index contributed by atoms with van der Waals surface area (Å²) in [5, 5.41) is 17.0. The van der Waals surface area contributed by atoms with Crippen LogP contribution in [0.1, 0.15) is 26.2 Å². The first kappa shape index (κ1) is 11.7. The first-order valence-electron chi connectivity index (χ1n) is 4.16. The highest BCUT2D eigenvalue weighted by Gasteiger charge is 2.24. The minimum Gasteiger partial charge on any atom is -0.481 e. The molecule has 4 nitrogen and oxygen atoms in total. The number of rotatable bonds is 6. The molecule has 0 spiro atoms. The van der Waals surface area contributed by atoms with Crippen LogP contribution < -0.4 is 0 Å². The van der Waals surface area contributed by atoms with Crippen molar-refractivity contribution in [1.82, 2.24) is 0 Å². The van der Waals surface area contributed by atoms with Gasteiger partial charge in [0.05, 0.1) is 0 Å². The van der Waals surface area contributed by atoms with Gasteiger partial charge in [0.1, 0.15) is 0 Å². The Bertz CT molecular complexity index is 194. The van der Waals surface area contributed by atoms with Gasteiger partial charge in [0.2, 0.25) is 0 Å². The number of allylic oxidation sites excluding steroid dienone is 2. The molecule has 74 valence electrons. The van der Waals surface area contributed by atoms with E-state index in [1.54, 1.807) is 0 Å². The average molecular weight is 186 g/mol. The predicted molar refractivity (Wildman–Crippen MR) is 47.4 cm³/mol. The van der Waals surface area contributed by atoms with E-state index in [0.717, 1.165) is 6.42 Å². The second-order valence-corrected chi connectivity index (χ2v) is 2.73. The summed E-state index contributed by atoms with van der Waals surface area (Å²) in [4.78, 5) is 20.8. The third kappa shape index (κ3) is 5.00. The summed E-state index contributed by atoms with van der Waals surface area (Å²) in [6, 6.07) is 0. The Morgan fingerprint density at radius 1 is 1.31 bits per heavy atom. The molecule has 0 rings (SSSR count). The average Bonchev–Trinajstić information content (AvgIpc) is 2.02. The number of aliphatic carboxylic acids is 2. The summed E-state index contributed by atoms with van der Waals surface area (Å²) < 4.78 is 0. The maximum atomic E-state index is 10.4. The molecule has 0 aliphatic rings. The van der Waals surface area contributed by atoms with Crippen molar-refractivity contribution >= 4 is 11.9 Å². The van der Waals surface area contributed by atoms with Crippen LogP contribution in [0.2, 0.25) is 0 Å². The molecule has 13 heavy (non-hydrogen) atoms. The van der Waals surface area contributed by atoms with Crippen molar-refractivity contribution in [1.29, 1.82) is 0 Å². The lowest BCUT2D eigenvalue weighted by Crippen LogP contribution is -2.23. The first-order valence-corrected chi connectivity index (χ1v) is 4.16. The number of carboxylic acids is 2. The number of unbranched alkanes of at least 4 members (excludes halogenated alkanes) is 1.